The number of carbonyl (C=O) groups is 1. The topological polar surface area (TPSA) is 49.8 Å². The Morgan fingerprint density at radius 2 is 1.96 bits per heavy atom. The van der Waals surface area contributed by atoms with Gasteiger partial charge < -0.3 is 14.7 Å². The number of piperidine rings is 2. The lowest BCUT2D eigenvalue weighted by Gasteiger charge is -2.52. The summed E-state index contributed by atoms with van der Waals surface area (Å²) < 4.78 is 5.62. The Bertz CT molecular complexity index is 647. The van der Waals surface area contributed by atoms with Crippen LogP contribution < -0.4 is 0 Å². The second kappa shape index (κ2) is 6.49. The van der Waals surface area contributed by atoms with Crippen LogP contribution in [0.25, 0.3) is 6.08 Å². The van der Waals surface area contributed by atoms with Crippen molar-refractivity contribution >= 4 is 12.2 Å². The molecule has 0 spiro atoms. The van der Waals surface area contributed by atoms with Crippen LogP contribution in [0.3, 0.4) is 0 Å². The molecule has 2 unspecified atom stereocenters. The summed E-state index contributed by atoms with van der Waals surface area (Å²) in [6.45, 7) is 9.49. The summed E-state index contributed by atoms with van der Waals surface area (Å²) in [5.74, 6) is 0. The Morgan fingerprint density at radius 1 is 1.32 bits per heavy atom. The van der Waals surface area contributed by atoms with Crippen molar-refractivity contribution in [2.45, 2.75) is 76.2 Å². The summed E-state index contributed by atoms with van der Waals surface area (Å²) in [4.78, 5) is 14.6. The lowest BCUT2D eigenvalue weighted by Crippen LogP contribution is -2.59. The van der Waals surface area contributed by atoms with Gasteiger partial charge in [0.2, 0.25) is 0 Å². The van der Waals surface area contributed by atoms with Crippen molar-refractivity contribution in [2.24, 2.45) is 0 Å². The molecule has 2 saturated heterocycles. The van der Waals surface area contributed by atoms with Crippen molar-refractivity contribution < 1.29 is 14.6 Å². The number of nitrogens with zero attached hydrogens (tertiary/aromatic N) is 1. The Morgan fingerprint density at radius 3 is 2.52 bits per heavy atom. The van der Waals surface area contributed by atoms with Crippen molar-refractivity contribution in [3.8, 4) is 0 Å². The van der Waals surface area contributed by atoms with Crippen molar-refractivity contribution in [1.29, 1.82) is 0 Å². The zero-order chi connectivity index (χ0) is 18.2. The molecule has 0 saturated carbocycles. The van der Waals surface area contributed by atoms with Gasteiger partial charge >= 0.3 is 6.09 Å². The molecule has 4 nitrogen and oxygen atoms in total. The van der Waals surface area contributed by atoms with Crippen LogP contribution >= 0.6 is 0 Å². The van der Waals surface area contributed by atoms with Crippen LogP contribution in [0.5, 0.6) is 0 Å². The number of amides is 1. The van der Waals surface area contributed by atoms with E-state index in [1.54, 1.807) is 6.08 Å². The molecule has 4 heteroatoms. The highest BCUT2D eigenvalue weighted by atomic mass is 16.6. The second-order valence-electron chi connectivity index (χ2n) is 8.40. The molecule has 0 aromatic heterocycles. The smallest absolute Gasteiger partial charge is 0.410 e. The second-order valence-corrected chi connectivity index (χ2v) is 8.40. The molecule has 1 amide bonds. The first-order valence-corrected chi connectivity index (χ1v) is 9.18. The van der Waals surface area contributed by atoms with Gasteiger partial charge in [-0.2, -0.15) is 0 Å². The summed E-state index contributed by atoms with van der Waals surface area (Å²) in [6.07, 6.45) is 5.59. The summed E-state index contributed by atoms with van der Waals surface area (Å²) in [5.41, 5.74) is 0.529. The maximum atomic E-state index is 12.7. The van der Waals surface area contributed by atoms with E-state index >= 15 is 0 Å². The Labute approximate surface area is 150 Å². The van der Waals surface area contributed by atoms with Crippen LogP contribution in [0, 0.1) is 0 Å². The molecule has 1 N–H and O–H groups in total. The standard InChI is InChI=1S/C21H29NO3/c1-5-15-8-6-9-16(12-15)21(24)13-17-10-7-11-18(14-21)22(17)19(23)25-20(2,3)4/h5-6,8-9,12,17-18,24H,1,7,10-11,13-14H2,2-4H3. The Balaban J connectivity index is 1.85. The van der Waals surface area contributed by atoms with Crippen molar-refractivity contribution in [3.63, 3.8) is 0 Å². The largest absolute Gasteiger partial charge is 0.444 e. The summed E-state index contributed by atoms with van der Waals surface area (Å²) >= 11 is 0. The fraction of sp³-hybridized carbons (Fsp3) is 0.571. The molecule has 2 bridgehead atoms. The number of aliphatic hydroxyl groups is 1. The molecule has 25 heavy (non-hydrogen) atoms. The highest BCUT2D eigenvalue weighted by Crippen LogP contribution is 2.45. The molecule has 3 rings (SSSR count). The van der Waals surface area contributed by atoms with Crippen LogP contribution in [0.15, 0.2) is 30.8 Å². The molecule has 136 valence electrons. The summed E-state index contributed by atoms with van der Waals surface area (Å²) in [6, 6.07) is 7.98. The molecule has 2 atom stereocenters. The van der Waals surface area contributed by atoms with Gasteiger partial charge in [0.25, 0.3) is 0 Å². The van der Waals surface area contributed by atoms with Gasteiger partial charge in [0.1, 0.15) is 5.60 Å². The van der Waals surface area contributed by atoms with E-state index in [-0.39, 0.29) is 18.2 Å². The zero-order valence-corrected chi connectivity index (χ0v) is 15.5. The third-order valence-electron chi connectivity index (χ3n) is 5.27. The number of benzene rings is 1. The van der Waals surface area contributed by atoms with E-state index in [1.807, 2.05) is 49.9 Å². The normalized spacial score (nSPS) is 29.2. The van der Waals surface area contributed by atoms with Crippen molar-refractivity contribution in [2.75, 3.05) is 0 Å². The van der Waals surface area contributed by atoms with Gasteiger partial charge in [-0.15, -0.1) is 0 Å². The fourth-order valence-corrected chi connectivity index (χ4v) is 4.23. The van der Waals surface area contributed by atoms with Gasteiger partial charge in [-0.25, -0.2) is 4.79 Å². The van der Waals surface area contributed by atoms with Gasteiger partial charge in [0.05, 0.1) is 5.60 Å². The average molecular weight is 343 g/mol. The monoisotopic (exact) mass is 343 g/mol. The van der Waals surface area contributed by atoms with E-state index in [0.29, 0.717) is 12.8 Å². The average Bonchev–Trinajstić information content (AvgIpc) is 2.52. The van der Waals surface area contributed by atoms with Gasteiger partial charge in [0.15, 0.2) is 0 Å². The molecule has 1 aromatic carbocycles. The predicted octanol–water partition coefficient (Wildman–Crippen LogP) is 4.47. The number of hydrogen-bond acceptors (Lipinski definition) is 3. The van der Waals surface area contributed by atoms with Crippen LogP contribution in [0.2, 0.25) is 0 Å². The minimum atomic E-state index is -0.896. The Hall–Kier alpha value is -1.81. The van der Waals surface area contributed by atoms with Crippen molar-refractivity contribution in [1.82, 2.24) is 4.90 Å². The minimum absolute atomic E-state index is 0.0275. The van der Waals surface area contributed by atoms with Gasteiger partial charge in [-0.3, -0.25) is 0 Å². The van der Waals surface area contributed by atoms with Crippen molar-refractivity contribution in [3.05, 3.63) is 42.0 Å². The lowest BCUT2D eigenvalue weighted by atomic mass is 9.72. The predicted molar refractivity (Wildman–Crippen MR) is 99.2 cm³/mol. The Kier molecular flexibility index (Phi) is 4.67. The lowest BCUT2D eigenvalue weighted by molar-refractivity contribution is -0.0965. The first-order chi connectivity index (χ1) is 11.7. The molecule has 1 aromatic rings. The molecule has 0 aliphatic carbocycles. The van der Waals surface area contributed by atoms with E-state index in [0.717, 1.165) is 30.4 Å². The zero-order valence-electron chi connectivity index (χ0n) is 15.5. The van der Waals surface area contributed by atoms with Crippen LogP contribution in [-0.2, 0) is 10.3 Å². The highest BCUT2D eigenvalue weighted by molar-refractivity contribution is 5.69. The van der Waals surface area contributed by atoms with Gasteiger partial charge in [0, 0.05) is 24.9 Å². The fourth-order valence-electron chi connectivity index (χ4n) is 4.23. The number of ether oxygens (including phenoxy) is 1. The number of carbonyl (C=O) groups excluding carboxylic acids is 1. The third kappa shape index (κ3) is 3.74. The number of fused-ring (bicyclic) bond motifs is 2. The SMILES string of the molecule is C=Cc1cccc(C2(O)CC3CCCC(C2)N3C(=O)OC(C)(C)C)c1. The van der Waals surface area contributed by atoms with E-state index in [9.17, 15) is 9.90 Å². The summed E-state index contributed by atoms with van der Waals surface area (Å²) in [5, 5.41) is 11.4. The third-order valence-corrected chi connectivity index (χ3v) is 5.27. The number of hydrogen-bond donors (Lipinski definition) is 1. The molecular formula is C21H29NO3. The van der Waals surface area contributed by atoms with Crippen LogP contribution in [0.4, 0.5) is 4.79 Å². The molecule has 2 aliphatic heterocycles. The molecular weight excluding hydrogens is 314 g/mol. The van der Waals surface area contributed by atoms with E-state index in [2.05, 4.69) is 6.58 Å². The quantitative estimate of drug-likeness (QED) is 0.862. The highest BCUT2D eigenvalue weighted by Gasteiger charge is 2.49. The van der Waals surface area contributed by atoms with E-state index in [1.165, 1.54) is 0 Å². The molecule has 2 aliphatic rings. The maximum Gasteiger partial charge on any atom is 0.410 e. The van der Waals surface area contributed by atoms with Crippen LogP contribution in [-0.4, -0.2) is 33.8 Å². The number of rotatable bonds is 2. The molecule has 2 heterocycles. The first kappa shape index (κ1) is 18.0. The summed E-state index contributed by atoms with van der Waals surface area (Å²) in [7, 11) is 0. The minimum Gasteiger partial charge on any atom is -0.444 e. The molecule has 2 fully saturated rings. The van der Waals surface area contributed by atoms with Gasteiger partial charge in [-0.05, 0) is 57.2 Å². The first-order valence-electron chi connectivity index (χ1n) is 9.18. The van der Waals surface area contributed by atoms with E-state index < -0.39 is 11.2 Å². The van der Waals surface area contributed by atoms with Crippen LogP contribution in [0.1, 0.15) is 64.0 Å². The van der Waals surface area contributed by atoms with E-state index in [4.69, 9.17) is 4.74 Å². The maximum absolute atomic E-state index is 12.7. The molecule has 0 radical (unpaired) electrons. The van der Waals surface area contributed by atoms with Gasteiger partial charge in [-0.1, -0.05) is 30.9 Å².